The summed E-state index contributed by atoms with van der Waals surface area (Å²) in [5.74, 6) is 0. The number of fused-ring (bicyclic) bond motifs is 2. The van der Waals surface area contributed by atoms with E-state index in [1.807, 2.05) is 12.1 Å². The van der Waals surface area contributed by atoms with E-state index in [4.69, 9.17) is 5.79 Å². The predicted molar refractivity (Wildman–Crippen MR) is 216 cm³/mol. The lowest BCUT2D eigenvalue weighted by Gasteiger charge is -2.56. The highest BCUT2D eigenvalue weighted by Gasteiger charge is 2.55. The molecule has 11 rings (SSSR count). The largest absolute Gasteiger partial charge is 0.456 e. The lowest BCUT2D eigenvalue weighted by atomic mass is 9.56. The zero-order chi connectivity index (χ0) is 36.7. The molecule has 0 N–H and O–H groups in total. The maximum Gasteiger partial charge on any atom is 0.200 e. The van der Waals surface area contributed by atoms with E-state index in [1.165, 1.54) is 61.6 Å². The molecular weight excluding hydrogens is 647 g/mol. The van der Waals surface area contributed by atoms with Crippen LogP contribution >= 0.6 is 0 Å². The Kier molecular flexibility index (Phi) is 5.68. The second-order valence-electron chi connectivity index (χ2n) is 16.0. The van der Waals surface area contributed by atoms with Gasteiger partial charge in [0, 0.05) is 10.8 Å². The second kappa shape index (κ2) is 10.2. The van der Waals surface area contributed by atoms with Gasteiger partial charge in [0.15, 0.2) is 0 Å². The smallest absolute Gasteiger partial charge is 0.200 e. The van der Waals surface area contributed by atoms with Gasteiger partial charge in [-0.2, -0.15) is 0 Å². The third-order valence-electron chi connectivity index (χ3n) is 12.6. The minimum atomic E-state index is -0.532. The second-order valence-corrected chi connectivity index (χ2v) is 16.0. The first-order valence-electron chi connectivity index (χ1n) is 19.0. The number of hydrogen-bond donors (Lipinski definition) is 0. The Morgan fingerprint density at radius 3 is 1.60 bits per heavy atom. The summed E-state index contributed by atoms with van der Waals surface area (Å²) in [7, 11) is 0. The molecule has 3 heteroatoms. The van der Waals surface area contributed by atoms with Gasteiger partial charge in [-0.1, -0.05) is 143 Å². The van der Waals surface area contributed by atoms with Crippen molar-refractivity contribution in [2.45, 2.75) is 43.9 Å². The van der Waals surface area contributed by atoms with Crippen LogP contribution in [0.15, 0.2) is 161 Å². The summed E-state index contributed by atoms with van der Waals surface area (Å²) < 4.78 is 14.2. The molecule has 53 heavy (non-hydrogen) atoms. The maximum atomic E-state index is 13.8. The van der Waals surface area contributed by atoms with Crippen molar-refractivity contribution in [1.82, 2.24) is 0 Å². The zero-order valence-electron chi connectivity index (χ0n) is 31.1. The summed E-state index contributed by atoms with van der Waals surface area (Å²) >= 11 is 0. The van der Waals surface area contributed by atoms with Gasteiger partial charge in [0.25, 0.3) is 0 Å². The fourth-order valence-corrected chi connectivity index (χ4v) is 10.0. The number of para-hydroxylation sites is 3. The van der Waals surface area contributed by atoms with Gasteiger partial charge in [-0.05, 0) is 92.0 Å². The summed E-state index contributed by atoms with van der Waals surface area (Å²) in [6.45, 7) is 9.49. The highest BCUT2D eigenvalue weighted by molar-refractivity contribution is 6.01. The molecule has 0 radical (unpaired) electrons. The van der Waals surface area contributed by atoms with Crippen LogP contribution < -0.4 is 10.3 Å². The normalized spacial score (nSPS) is 16.7. The molecule has 0 spiro atoms. The van der Waals surface area contributed by atoms with Gasteiger partial charge in [-0.15, -0.1) is 0 Å². The molecule has 0 unspecified atom stereocenters. The Hall–Kier alpha value is -6.19. The quantitative estimate of drug-likeness (QED) is 0.174. The molecule has 8 aromatic rings. The number of benzene rings is 7. The van der Waals surface area contributed by atoms with Crippen molar-refractivity contribution in [2.24, 2.45) is 0 Å². The summed E-state index contributed by atoms with van der Waals surface area (Å²) in [4.78, 5) is 16.4. The van der Waals surface area contributed by atoms with Crippen molar-refractivity contribution in [3.8, 4) is 11.1 Å². The molecule has 0 fully saturated rings. The lowest BCUT2D eigenvalue weighted by molar-refractivity contribution is 0.583. The van der Waals surface area contributed by atoms with Gasteiger partial charge < -0.3 is 9.32 Å². The topological polar surface area (TPSA) is 33.5 Å². The van der Waals surface area contributed by atoms with Crippen LogP contribution in [0.5, 0.6) is 0 Å². The molecule has 0 aliphatic carbocycles. The first-order valence-corrected chi connectivity index (χ1v) is 18.5. The molecule has 3 nitrogen and oxygen atoms in total. The highest BCUT2D eigenvalue weighted by Crippen LogP contribution is 2.68. The van der Waals surface area contributed by atoms with Crippen LogP contribution in [0.25, 0.3) is 33.1 Å². The van der Waals surface area contributed by atoms with Crippen molar-refractivity contribution < 1.29 is 5.79 Å². The van der Waals surface area contributed by atoms with Crippen molar-refractivity contribution >= 4 is 39.0 Å². The van der Waals surface area contributed by atoms with E-state index in [9.17, 15) is 4.79 Å². The van der Waals surface area contributed by atoms with Crippen LogP contribution in [0.3, 0.4) is 0 Å². The van der Waals surface area contributed by atoms with E-state index in [1.54, 1.807) is 18.2 Å². The molecule has 4 heterocycles. The Bertz CT molecular complexity index is 2850. The van der Waals surface area contributed by atoms with Crippen LogP contribution in [-0.2, 0) is 16.2 Å². The SMILES string of the molecule is [2H]c1ccc2c(=O)c3cc(-c4cc5c6c(c4)C(C)(C)c4cccc7c4N6c4c(cccc4C7(c4ccccc4)c4ccccc4)C5(C)C)ccc3oc2c1. The fourth-order valence-electron chi connectivity index (χ4n) is 10.0. The number of hydrogen-bond acceptors (Lipinski definition) is 3. The van der Waals surface area contributed by atoms with Gasteiger partial charge in [0.2, 0.25) is 5.43 Å². The Morgan fingerprint density at radius 2 is 1.02 bits per heavy atom. The van der Waals surface area contributed by atoms with E-state index in [2.05, 4.69) is 148 Å². The summed E-state index contributed by atoms with van der Waals surface area (Å²) in [6.07, 6.45) is 0. The first-order chi connectivity index (χ1) is 26.1. The minimum Gasteiger partial charge on any atom is -0.456 e. The average molecular weight is 685 g/mol. The standard InChI is InChI=1S/C50H37NO2/c1-48(2)36-20-13-22-38-44(36)51-45-37(21-14-23-39(45)50(38,32-15-7-5-8-16-32)33-17-9-6-10-18-33)49(3,4)41-29-31(28-40(48)46(41)51)30-25-26-43-35(27-30)47(52)34-19-11-12-24-42(34)53-43/h5-29H,1-4H3/i12D. The number of nitrogens with zero attached hydrogens (tertiary/aromatic N) is 1. The highest BCUT2D eigenvalue weighted by atomic mass is 16.3. The molecule has 0 bridgehead atoms. The molecule has 254 valence electrons. The van der Waals surface area contributed by atoms with Gasteiger partial charge in [0.05, 0.1) is 34.6 Å². The Morgan fingerprint density at radius 1 is 0.491 bits per heavy atom. The summed E-state index contributed by atoms with van der Waals surface area (Å²) in [5, 5.41) is 1.03. The summed E-state index contributed by atoms with van der Waals surface area (Å²) in [5.41, 5.74) is 15.8. The van der Waals surface area contributed by atoms with Crippen LogP contribution in [0.2, 0.25) is 0 Å². The van der Waals surface area contributed by atoms with Crippen LogP contribution in [-0.4, -0.2) is 0 Å². The molecule has 0 atom stereocenters. The lowest BCUT2D eigenvalue weighted by Crippen LogP contribution is -2.45. The van der Waals surface area contributed by atoms with E-state index >= 15 is 0 Å². The fraction of sp³-hybridized carbons (Fsp3) is 0.140. The molecule has 0 saturated heterocycles. The van der Waals surface area contributed by atoms with E-state index in [0.717, 1.165) is 11.1 Å². The minimum absolute atomic E-state index is 0.0791. The van der Waals surface area contributed by atoms with Crippen LogP contribution in [0, 0.1) is 0 Å². The van der Waals surface area contributed by atoms with Gasteiger partial charge in [-0.25, -0.2) is 0 Å². The van der Waals surface area contributed by atoms with Gasteiger partial charge in [-0.3, -0.25) is 4.79 Å². The summed E-state index contributed by atoms with van der Waals surface area (Å²) in [6, 6.07) is 52.0. The molecule has 0 saturated carbocycles. The average Bonchev–Trinajstić information content (AvgIpc) is 3.19. The Balaban J connectivity index is 1.23. The molecular formula is C50H37NO2. The van der Waals surface area contributed by atoms with Crippen molar-refractivity contribution in [1.29, 1.82) is 0 Å². The third kappa shape index (κ3) is 3.72. The van der Waals surface area contributed by atoms with Crippen LogP contribution in [0.1, 0.15) is 73.6 Å². The van der Waals surface area contributed by atoms with Gasteiger partial charge in [0.1, 0.15) is 11.2 Å². The number of anilines is 3. The van der Waals surface area contributed by atoms with E-state index < -0.39 is 5.41 Å². The molecule has 3 aliphatic rings. The van der Waals surface area contributed by atoms with Gasteiger partial charge >= 0.3 is 0 Å². The number of rotatable bonds is 3. The first kappa shape index (κ1) is 29.4. The zero-order valence-corrected chi connectivity index (χ0v) is 30.1. The monoisotopic (exact) mass is 684 g/mol. The maximum absolute atomic E-state index is 13.8. The molecule has 1 aromatic heterocycles. The van der Waals surface area contributed by atoms with Crippen molar-refractivity contribution in [3.63, 3.8) is 0 Å². The molecule has 3 aliphatic heterocycles. The van der Waals surface area contributed by atoms with Crippen molar-refractivity contribution in [2.75, 3.05) is 4.90 Å². The molecule has 7 aromatic carbocycles. The molecule has 0 amide bonds. The Labute approximate surface area is 310 Å². The predicted octanol–water partition coefficient (Wildman–Crippen LogP) is 12.1. The van der Waals surface area contributed by atoms with Crippen molar-refractivity contribution in [3.05, 3.63) is 206 Å². The van der Waals surface area contributed by atoms with E-state index in [0.29, 0.717) is 28.0 Å². The van der Waals surface area contributed by atoms with Crippen LogP contribution in [0.4, 0.5) is 17.1 Å². The third-order valence-corrected chi connectivity index (χ3v) is 12.6. The van der Waals surface area contributed by atoms with E-state index in [-0.39, 0.29) is 16.3 Å².